The third-order valence-corrected chi connectivity index (χ3v) is 8.74. The molecule has 0 spiro atoms. The summed E-state index contributed by atoms with van der Waals surface area (Å²) >= 11 is 0. The molecule has 0 amide bonds. The van der Waals surface area contributed by atoms with Gasteiger partial charge < -0.3 is 14.2 Å². The lowest BCUT2D eigenvalue weighted by Crippen LogP contribution is -2.30. The minimum Gasteiger partial charge on any atom is -0.462 e. The van der Waals surface area contributed by atoms with Gasteiger partial charge in [-0.2, -0.15) is 0 Å². The Bertz CT molecular complexity index is 733. The van der Waals surface area contributed by atoms with Crippen LogP contribution < -0.4 is 0 Å². The molecule has 0 heterocycles. The van der Waals surface area contributed by atoms with Crippen LogP contribution in [0.1, 0.15) is 213 Å². The lowest BCUT2D eigenvalue weighted by atomic mass is 10.0. The standard InChI is InChI=1S/C41H76O6/c1-4-7-9-11-13-15-17-19-20-22-24-26-28-30-32-35-41(44)47-38(36-45-39(42)33-6-3)37-46-40(43)34-31-29-27-25-23-21-18-16-14-12-10-8-5-2/h15,17,38H,4-14,16,18-37H2,1-3H3/b17-15-. The van der Waals surface area contributed by atoms with Crippen molar-refractivity contribution in [2.75, 3.05) is 13.2 Å². The average molecular weight is 665 g/mol. The first-order valence-electron chi connectivity index (χ1n) is 20.2. The predicted octanol–water partition coefficient (Wildman–Crippen LogP) is 12.3. The minimum atomic E-state index is -0.760. The molecular weight excluding hydrogens is 588 g/mol. The number of rotatable bonds is 36. The molecule has 0 fully saturated rings. The highest BCUT2D eigenvalue weighted by atomic mass is 16.6. The first kappa shape index (κ1) is 45.2. The van der Waals surface area contributed by atoms with Crippen molar-refractivity contribution in [2.24, 2.45) is 0 Å². The first-order valence-corrected chi connectivity index (χ1v) is 20.2. The van der Waals surface area contributed by atoms with Crippen molar-refractivity contribution >= 4 is 17.9 Å². The van der Waals surface area contributed by atoms with Crippen molar-refractivity contribution in [3.63, 3.8) is 0 Å². The van der Waals surface area contributed by atoms with Gasteiger partial charge in [0.2, 0.25) is 0 Å². The zero-order valence-corrected chi connectivity index (χ0v) is 31.3. The number of hydrogen-bond acceptors (Lipinski definition) is 6. The summed E-state index contributed by atoms with van der Waals surface area (Å²) in [7, 11) is 0. The molecule has 1 atom stereocenters. The van der Waals surface area contributed by atoms with E-state index in [2.05, 4.69) is 26.0 Å². The Morgan fingerprint density at radius 2 is 0.745 bits per heavy atom. The van der Waals surface area contributed by atoms with Crippen LogP contribution in [0.2, 0.25) is 0 Å². The Labute approximate surface area is 290 Å². The molecule has 1 unspecified atom stereocenters. The SMILES string of the molecule is CCCCCC/C=C\CCCCCCCCCC(=O)OC(COC(=O)CCC)COC(=O)CCCCCCCCCCCCCCC. The summed E-state index contributed by atoms with van der Waals surface area (Å²) in [5.41, 5.74) is 0. The topological polar surface area (TPSA) is 78.9 Å². The van der Waals surface area contributed by atoms with Crippen molar-refractivity contribution in [2.45, 2.75) is 219 Å². The third kappa shape index (κ3) is 35.3. The summed E-state index contributed by atoms with van der Waals surface area (Å²) < 4.78 is 16.3. The van der Waals surface area contributed by atoms with Crippen LogP contribution in [0.5, 0.6) is 0 Å². The lowest BCUT2D eigenvalue weighted by Gasteiger charge is -2.18. The zero-order valence-electron chi connectivity index (χ0n) is 31.3. The molecule has 276 valence electrons. The van der Waals surface area contributed by atoms with Crippen LogP contribution in [0, 0.1) is 0 Å². The Morgan fingerprint density at radius 1 is 0.404 bits per heavy atom. The molecule has 47 heavy (non-hydrogen) atoms. The quantitative estimate of drug-likeness (QED) is 0.0287. The van der Waals surface area contributed by atoms with E-state index < -0.39 is 6.10 Å². The fraction of sp³-hybridized carbons (Fsp3) is 0.878. The Balaban J connectivity index is 4.00. The van der Waals surface area contributed by atoms with E-state index in [-0.39, 0.29) is 31.1 Å². The van der Waals surface area contributed by atoms with E-state index in [1.54, 1.807) is 0 Å². The molecule has 0 aliphatic carbocycles. The lowest BCUT2D eigenvalue weighted by molar-refractivity contribution is -0.167. The molecule has 0 N–H and O–H groups in total. The van der Waals surface area contributed by atoms with Gasteiger partial charge in [0.15, 0.2) is 6.10 Å². The first-order chi connectivity index (χ1) is 23.0. The molecule has 0 aromatic carbocycles. The molecule has 0 saturated carbocycles. The molecule has 0 saturated heterocycles. The predicted molar refractivity (Wildman–Crippen MR) is 196 cm³/mol. The fourth-order valence-corrected chi connectivity index (χ4v) is 5.71. The molecular formula is C41H76O6. The molecule has 0 rings (SSSR count). The molecule has 0 radical (unpaired) electrons. The van der Waals surface area contributed by atoms with Gasteiger partial charge in [0.25, 0.3) is 0 Å². The second-order valence-electron chi connectivity index (χ2n) is 13.6. The van der Waals surface area contributed by atoms with Gasteiger partial charge in [0, 0.05) is 19.3 Å². The van der Waals surface area contributed by atoms with Crippen LogP contribution >= 0.6 is 0 Å². The number of carbonyl (C=O) groups is 3. The van der Waals surface area contributed by atoms with Crippen LogP contribution in [0.15, 0.2) is 12.2 Å². The summed E-state index contributed by atoms with van der Waals surface area (Å²) in [5.74, 6) is -0.937. The molecule has 6 heteroatoms. The number of allylic oxidation sites excluding steroid dienone is 2. The van der Waals surface area contributed by atoms with Gasteiger partial charge in [-0.3, -0.25) is 14.4 Å². The highest BCUT2D eigenvalue weighted by molar-refractivity contribution is 5.71. The molecule has 0 aromatic rings. The molecule has 0 aliphatic heterocycles. The van der Waals surface area contributed by atoms with E-state index >= 15 is 0 Å². The molecule has 0 aromatic heterocycles. The van der Waals surface area contributed by atoms with Crippen LogP contribution in [-0.4, -0.2) is 37.2 Å². The maximum Gasteiger partial charge on any atom is 0.306 e. The third-order valence-electron chi connectivity index (χ3n) is 8.74. The van der Waals surface area contributed by atoms with E-state index in [4.69, 9.17) is 14.2 Å². The summed E-state index contributed by atoms with van der Waals surface area (Å²) in [6, 6.07) is 0. The summed E-state index contributed by atoms with van der Waals surface area (Å²) in [5, 5.41) is 0. The largest absolute Gasteiger partial charge is 0.462 e. The Morgan fingerprint density at radius 3 is 1.17 bits per heavy atom. The van der Waals surface area contributed by atoms with E-state index in [1.165, 1.54) is 128 Å². The monoisotopic (exact) mass is 665 g/mol. The normalized spacial score (nSPS) is 12.0. The van der Waals surface area contributed by atoms with Crippen molar-refractivity contribution in [3.05, 3.63) is 12.2 Å². The minimum absolute atomic E-state index is 0.0729. The van der Waals surface area contributed by atoms with Crippen molar-refractivity contribution in [1.82, 2.24) is 0 Å². The number of unbranched alkanes of at least 4 members (excludes halogenated alkanes) is 23. The number of esters is 3. The summed E-state index contributed by atoms with van der Waals surface area (Å²) in [4.78, 5) is 36.7. The van der Waals surface area contributed by atoms with Crippen LogP contribution in [-0.2, 0) is 28.6 Å². The zero-order chi connectivity index (χ0) is 34.5. The van der Waals surface area contributed by atoms with Crippen molar-refractivity contribution in [3.8, 4) is 0 Å². The number of ether oxygens (including phenoxy) is 3. The van der Waals surface area contributed by atoms with Crippen molar-refractivity contribution < 1.29 is 28.6 Å². The van der Waals surface area contributed by atoms with Gasteiger partial charge in [-0.25, -0.2) is 0 Å². The number of carbonyl (C=O) groups excluding carboxylic acids is 3. The van der Waals surface area contributed by atoms with E-state index in [1.807, 2.05) is 6.92 Å². The maximum atomic E-state index is 12.5. The van der Waals surface area contributed by atoms with Gasteiger partial charge in [-0.1, -0.05) is 161 Å². The van der Waals surface area contributed by atoms with E-state index in [0.29, 0.717) is 25.7 Å². The second kappa shape index (κ2) is 37.0. The highest BCUT2D eigenvalue weighted by Gasteiger charge is 2.19. The van der Waals surface area contributed by atoms with Gasteiger partial charge in [-0.05, 0) is 44.9 Å². The van der Waals surface area contributed by atoms with Crippen LogP contribution in [0.4, 0.5) is 0 Å². The summed E-state index contributed by atoms with van der Waals surface area (Å²) in [6.45, 7) is 6.27. The smallest absolute Gasteiger partial charge is 0.306 e. The van der Waals surface area contributed by atoms with Gasteiger partial charge in [0.1, 0.15) is 13.2 Å². The number of hydrogen-bond donors (Lipinski definition) is 0. The van der Waals surface area contributed by atoms with E-state index in [9.17, 15) is 14.4 Å². The van der Waals surface area contributed by atoms with Gasteiger partial charge in [-0.15, -0.1) is 0 Å². The molecule has 6 nitrogen and oxygen atoms in total. The van der Waals surface area contributed by atoms with Gasteiger partial charge in [0.05, 0.1) is 0 Å². The van der Waals surface area contributed by atoms with Crippen LogP contribution in [0.3, 0.4) is 0 Å². The second-order valence-corrected chi connectivity index (χ2v) is 13.6. The van der Waals surface area contributed by atoms with Gasteiger partial charge >= 0.3 is 17.9 Å². The van der Waals surface area contributed by atoms with E-state index in [0.717, 1.165) is 38.5 Å². The Hall–Kier alpha value is -1.85. The average Bonchev–Trinajstić information content (AvgIpc) is 3.06. The van der Waals surface area contributed by atoms with Crippen LogP contribution in [0.25, 0.3) is 0 Å². The van der Waals surface area contributed by atoms with Crippen molar-refractivity contribution in [1.29, 1.82) is 0 Å². The highest BCUT2D eigenvalue weighted by Crippen LogP contribution is 2.14. The molecule has 0 aliphatic rings. The summed E-state index contributed by atoms with van der Waals surface area (Å²) in [6.07, 6.45) is 37.5. The Kier molecular flexibility index (Phi) is 35.5. The fourth-order valence-electron chi connectivity index (χ4n) is 5.71. The molecule has 0 bridgehead atoms. The maximum absolute atomic E-state index is 12.5.